The van der Waals surface area contributed by atoms with Gasteiger partial charge < -0.3 is 15.1 Å². The lowest BCUT2D eigenvalue weighted by molar-refractivity contribution is -0.0271. The number of nitrogens with zero attached hydrogens (tertiary/aromatic N) is 3. The van der Waals surface area contributed by atoms with E-state index in [9.17, 15) is 10.2 Å². The third-order valence-electron chi connectivity index (χ3n) is 7.41. The third-order valence-corrected chi connectivity index (χ3v) is 8.14. The summed E-state index contributed by atoms with van der Waals surface area (Å²) >= 11 is 12.6. The highest BCUT2D eigenvalue weighted by atomic mass is 35.5. The highest BCUT2D eigenvalue weighted by Crippen LogP contribution is 2.39. The van der Waals surface area contributed by atoms with Gasteiger partial charge in [0, 0.05) is 24.6 Å². The topological polar surface area (TPSA) is 85.3 Å². The molecule has 3 N–H and O–H groups in total. The molecule has 1 saturated heterocycles. The number of aromatic nitrogens is 3. The van der Waals surface area contributed by atoms with Gasteiger partial charge in [-0.25, -0.2) is 0 Å². The Morgan fingerprint density at radius 1 is 0.892 bits per heavy atom. The summed E-state index contributed by atoms with van der Waals surface area (Å²) in [6, 6.07) is 25.1. The zero-order valence-corrected chi connectivity index (χ0v) is 21.9. The molecule has 6 nitrogen and oxygen atoms in total. The Morgan fingerprint density at radius 2 is 1.57 bits per heavy atom. The molecule has 1 aliphatic heterocycles. The fraction of sp³-hybridized carbons (Fsp3) is 0.310. The number of aliphatic hydroxyl groups excluding tert-OH is 1. The van der Waals surface area contributed by atoms with Gasteiger partial charge >= 0.3 is 0 Å². The van der Waals surface area contributed by atoms with E-state index in [2.05, 4.69) is 20.3 Å². The minimum atomic E-state index is -0.905. The van der Waals surface area contributed by atoms with E-state index < -0.39 is 11.7 Å². The van der Waals surface area contributed by atoms with Gasteiger partial charge in [0.1, 0.15) is 17.5 Å². The average molecular weight is 537 g/mol. The molecule has 0 bridgehead atoms. The van der Waals surface area contributed by atoms with Gasteiger partial charge in [-0.15, -0.1) is 0 Å². The Kier molecular flexibility index (Phi) is 7.93. The molecule has 5 rings (SSSR count). The highest BCUT2D eigenvalue weighted by molar-refractivity contribution is 6.42. The van der Waals surface area contributed by atoms with E-state index in [-0.39, 0.29) is 5.92 Å². The van der Waals surface area contributed by atoms with E-state index in [0.29, 0.717) is 40.7 Å². The Labute approximate surface area is 226 Å². The standard InChI is InChI=1S/C29H30Cl2N4O2/c30-24-12-11-21(19-25(24)31)23(28(36)27-26(32-34-33-27)20-7-3-1-4-8-20)13-16-35-17-14-29(37,15-18-35)22-9-5-2-6-10-22/h1-12,19,23,28,36-37H,13-18H2,(H,32,33,34). The number of hydrogen-bond acceptors (Lipinski definition) is 5. The molecule has 0 aliphatic carbocycles. The molecular weight excluding hydrogens is 507 g/mol. The van der Waals surface area contributed by atoms with Gasteiger partial charge in [-0.2, -0.15) is 15.4 Å². The molecule has 3 aromatic carbocycles. The Bertz CT molecular complexity index is 1310. The molecule has 192 valence electrons. The van der Waals surface area contributed by atoms with Crippen molar-refractivity contribution >= 4 is 23.2 Å². The Morgan fingerprint density at radius 3 is 2.24 bits per heavy atom. The molecule has 0 saturated carbocycles. The lowest BCUT2D eigenvalue weighted by atomic mass is 9.83. The van der Waals surface area contributed by atoms with Crippen molar-refractivity contribution in [1.82, 2.24) is 20.3 Å². The summed E-state index contributed by atoms with van der Waals surface area (Å²) in [5.74, 6) is -0.280. The summed E-state index contributed by atoms with van der Waals surface area (Å²) in [6.45, 7) is 2.30. The van der Waals surface area contributed by atoms with E-state index >= 15 is 0 Å². The molecule has 0 radical (unpaired) electrons. The summed E-state index contributed by atoms with van der Waals surface area (Å²) < 4.78 is 0. The molecule has 1 aromatic heterocycles. The van der Waals surface area contributed by atoms with Crippen molar-refractivity contribution in [3.8, 4) is 11.3 Å². The minimum absolute atomic E-state index is 0.280. The van der Waals surface area contributed by atoms with Gasteiger partial charge in [0.05, 0.1) is 15.6 Å². The highest BCUT2D eigenvalue weighted by Gasteiger charge is 2.35. The van der Waals surface area contributed by atoms with Crippen molar-refractivity contribution in [3.63, 3.8) is 0 Å². The zero-order chi connectivity index (χ0) is 25.8. The van der Waals surface area contributed by atoms with Crippen LogP contribution in [-0.4, -0.2) is 50.2 Å². The Balaban J connectivity index is 1.34. The first kappa shape index (κ1) is 25.9. The summed E-state index contributed by atoms with van der Waals surface area (Å²) in [6.07, 6.45) is 1.10. The molecule has 2 atom stereocenters. The summed E-state index contributed by atoms with van der Waals surface area (Å²) in [7, 11) is 0. The smallest absolute Gasteiger partial charge is 0.120 e. The molecule has 8 heteroatoms. The zero-order valence-electron chi connectivity index (χ0n) is 20.4. The van der Waals surface area contributed by atoms with Crippen LogP contribution >= 0.6 is 23.2 Å². The van der Waals surface area contributed by atoms with Crippen LogP contribution in [0.5, 0.6) is 0 Å². The maximum absolute atomic E-state index is 11.6. The molecule has 37 heavy (non-hydrogen) atoms. The molecule has 2 heterocycles. The van der Waals surface area contributed by atoms with Crippen molar-refractivity contribution in [2.24, 2.45) is 0 Å². The van der Waals surface area contributed by atoms with Crippen LogP contribution in [0, 0.1) is 0 Å². The lowest BCUT2D eigenvalue weighted by Gasteiger charge is -2.39. The van der Waals surface area contributed by atoms with E-state index in [1.54, 1.807) is 6.07 Å². The predicted molar refractivity (Wildman–Crippen MR) is 147 cm³/mol. The second-order valence-electron chi connectivity index (χ2n) is 9.68. The van der Waals surface area contributed by atoms with Crippen LogP contribution < -0.4 is 0 Å². The van der Waals surface area contributed by atoms with Crippen molar-refractivity contribution in [2.75, 3.05) is 19.6 Å². The minimum Gasteiger partial charge on any atom is -0.386 e. The van der Waals surface area contributed by atoms with Gasteiger partial charge in [-0.05, 0) is 49.1 Å². The summed E-state index contributed by atoms with van der Waals surface area (Å²) in [5.41, 5.74) is 3.07. The molecule has 2 unspecified atom stereocenters. The van der Waals surface area contributed by atoms with Crippen LogP contribution in [0.2, 0.25) is 10.0 Å². The number of benzene rings is 3. The normalized spacial score (nSPS) is 17.4. The van der Waals surface area contributed by atoms with E-state index in [0.717, 1.165) is 36.3 Å². The molecular formula is C29H30Cl2N4O2. The first-order valence-electron chi connectivity index (χ1n) is 12.5. The number of halogens is 2. The number of nitrogens with one attached hydrogen (secondary N) is 1. The van der Waals surface area contributed by atoms with Gasteiger partial charge in [-0.3, -0.25) is 0 Å². The molecule has 0 spiro atoms. The number of piperidine rings is 1. The van der Waals surface area contributed by atoms with Gasteiger partial charge in [0.25, 0.3) is 0 Å². The largest absolute Gasteiger partial charge is 0.386 e. The predicted octanol–water partition coefficient (Wildman–Crippen LogP) is 5.97. The van der Waals surface area contributed by atoms with Gasteiger partial charge in [-0.1, -0.05) is 89.9 Å². The van der Waals surface area contributed by atoms with Crippen molar-refractivity contribution in [2.45, 2.75) is 36.9 Å². The fourth-order valence-corrected chi connectivity index (χ4v) is 5.51. The number of H-pyrrole nitrogens is 1. The van der Waals surface area contributed by atoms with Crippen LogP contribution in [0.15, 0.2) is 78.9 Å². The van der Waals surface area contributed by atoms with Crippen molar-refractivity contribution in [3.05, 3.63) is 106 Å². The SMILES string of the molecule is OC(c1n[nH]nc1-c1ccccc1)C(CCN1CCC(O)(c2ccccc2)CC1)c1ccc(Cl)c(Cl)c1. The lowest BCUT2D eigenvalue weighted by Crippen LogP contribution is -2.43. The number of likely N-dealkylation sites (tertiary alicyclic amines) is 1. The van der Waals surface area contributed by atoms with Crippen molar-refractivity contribution in [1.29, 1.82) is 0 Å². The molecule has 0 amide bonds. The average Bonchev–Trinajstić information content (AvgIpc) is 3.43. The summed E-state index contributed by atoms with van der Waals surface area (Å²) in [4.78, 5) is 2.34. The molecule has 4 aromatic rings. The monoisotopic (exact) mass is 536 g/mol. The molecule has 1 fully saturated rings. The summed E-state index contributed by atoms with van der Waals surface area (Å²) in [5, 5.41) is 35.1. The maximum Gasteiger partial charge on any atom is 0.120 e. The molecule has 1 aliphatic rings. The number of aromatic amines is 1. The fourth-order valence-electron chi connectivity index (χ4n) is 5.20. The first-order valence-corrected chi connectivity index (χ1v) is 13.3. The van der Waals surface area contributed by atoms with Crippen LogP contribution in [-0.2, 0) is 5.60 Å². The van der Waals surface area contributed by atoms with E-state index in [1.165, 1.54) is 0 Å². The van der Waals surface area contributed by atoms with E-state index in [4.69, 9.17) is 23.2 Å². The number of aliphatic hydroxyl groups is 2. The van der Waals surface area contributed by atoms with Crippen LogP contribution in [0.1, 0.15) is 48.1 Å². The number of hydrogen-bond donors (Lipinski definition) is 3. The van der Waals surface area contributed by atoms with Crippen LogP contribution in [0.25, 0.3) is 11.3 Å². The van der Waals surface area contributed by atoms with Crippen LogP contribution in [0.3, 0.4) is 0 Å². The second-order valence-corrected chi connectivity index (χ2v) is 10.5. The van der Waals surface area contributed by atoms with Crippen molar-refractivity contribution < 1.29 is 10.2 Å². The first-order chi connectivity index (χ1) is 17.9. The quantitative estimate of drug-likeness (QED) is 0.258. The number of rotatable bonds is 8. The second kappa shape index (κ2) is 11.3. The Hall–Kier alpha value is -2.74. The van der Waals surface area contributed by atoms with Gasteiger partial charge in [0.15, 0.2) is 0 Å². The van der Waals surface area contributed by atoms with E-state index in [1.807, 2.05) is 72.8 Å². The third kappa shape index (κ3) is 5.74. The van der Waals surface area contributed by atoms with Crippen LogP contribution in [0.4, 0.5) is 0 Å². The van der Waals surface area contributed by atoms with Gasteiger partial charge in [0.2, 0.25) is 0 Å². The maximum atomic E-state index is 11.6.